The zero-order chi connectivity index (χ0) is 93.8. The van der Waals surface area contributed by atoms with E-state index >= 15 is 4.79 Å². The van der Waals surface area contributed by atoms with Gasteiger partial charge in [0.05, 0.1) is 6.42 Å². The Morgan fingerprint density at radius 2 is 0.504 bits per heavy atom. The summed E-state index contributed by atoms with van der Waals surface area (Å²) in [5.74, 6) is -17.6. The Kier molecular flexibility index (Phi) is 60.4. The van der Waals surface area contributed by atoms with Gasteiger partial charge < -0.3 is 174 Å². The Labute approximate surface area is 738 Å². The van der Waals surface area contributed by atoms with Gasteiger partial charge in [-0.1, -0.05) is 25.7 Å². The average Bonchev–Trinajstić information content (AvgIpc) is 0.854. The molecule has 55 heteroatoms. The molecule has 1 aliphatic carbocycles. The summed E-state index contributed by atoms with van der Waals surface area (Å²) in [5, 5.41) is 128. The van der Waals surface area contributed by atoms with Gasteiger partial charge in [0.1, 0.15) is 60.4 Å². The molecule has 49 N–H and O–H groups in total. The molecule has 1 rings (SSSR count). The topological polar surface area (TPSA) is 981 Å². The van der Waals surface area contributed by atoms with Gasteiger partial charge >= 0.3 is 33.0 Å². The van der Waals surface area contributed by atoms with Crippen LogP contribution < -0.4 is 153 Å². The summed E-state index contributed by atoms with van der Waals surface area (Å²) in [6.45, 7) is 1.09. The molecule has 0 aromatic rings. The Morgan fingerprint density at radius 1 is 0.296 bits per heavy atom. The number of carbonyl (C=O) groups excluding carboxylic acids is 12. The summed E-state index contributed by atoms with van der Waals surface area (Å²) in [5.41, 5.74) is 64.1. The van der Waals surface area contributed by atoms with E-state index in [0.717, 1.165) is 19.8 Å². The number of aliphatic carboxylic acids is 2. The molecule has 12 atom stereocenters. The number of rotatable bonds is 62. The summed E-state index contributed by atoms with van der Waals surface area (Å²) in [6, 6.07) is -15.3. The number of carbonyl (C=O) groups is 14. The molecule has 0 saturated heterocycles. The van der Waals surface area contributed by atoms with E-state index in [1.54, 1.807) is 0 Å². The molecule has 12 amide bonds. The maximum absolute atomic E-state index is 15.1. The van der Waals surface area contributed by atoms with Crippen LogP contribution in [0, 0.1) is 43.3 Å². The van der Waals surface area contributed by atoms with Crippen molar-refractivity contribution in [2.45, 2.75) is 246 Å². The Bertz CT molecular complexity index is 3540. The maximum atomic E-state index is 15.1. The summed E-state index contributed by atoms with van der Waals surface area (Å²) in [6.07, 6.45) is 0.935. The number of nitrogens with two attached hydrogens (primary N) is 9. The van der Waals surface area contributed by atoms with Crippen LogP contribution >= 0.6 is 0 Å². The van der Waals surface area contributed by atoms with Gasteiger partial charge in [-0.3, -0.25) is 106 Å². The second kappa shape index (κ2) is 66.0. The van der Waals surface area contributed by atoms with Gasteiger partial charge in [0, 0.05) is 78.7 Å². The van der Waals surface area contributed by atoms with E-state index < -0.39 is 198 Å². The molecule has 1 aliphatic rings. The number of hydrogen-bond acceptors (Lipinski definition) is 22. The standard InChI is InChI=1S/C64H122N36O16.C6H12N2.Pt/c1-33(101)91-36(15-6-26-85-59(70)71)49(108)97-40(18-9-29-88-62(76)77)53(112)96-38(12-2-3-23-82-48(107)35(14-5-25-84-58(68)69)95-50(109)37(16-7-27-86-60(72)73)92-44(102)21-22-45(103)93-43(56(115)116)32-46(104)105)52(111)99-41(19-10-30-89-63(78)79)55(114)100-42(20-11-31-90-64(80)81)54(113)98-39(17-8-28-87-61(74)75)51(110)94-34(47(65)106)13-4-24-83-57(66)67;7-5-3-1-2-4-6(5)8;/h34-43H,2-32H2,1H3,(H2,65,106)(H,82,107)(H,91,101)(H,92,102)(H,93,103)(H,94,110)(H,95,109)(H,96,112)(H,97,108)(H,98,113)(H,99,111)(H,100,114)(H,104,105)(H,115,116)(H4,66,67,83)(H4,68,69,84)(H4,70,71,85)(H4,72,73,86)(H4,74,75,87)(H4,76,77,88)(H4,78,79,89)(H4,80,81,90);5-8H,1-4H2;/q;-2;+2/t34-,35-,36-,37-,38-,39-,40-,41-,42-,43?;;/m0../s1. The molecule has 0 spiro atoms. The number of nitrogens with one attached hydrogen (secondary N) is 29. The van der Waals surface area contributed by atoms with Crippen molar-refractivity contribution in [3.8, 4) is 0 Å². The number of carboxylic acids is 2. The van der Waals surface area contributed by atoms with Crippen molar-refractivity contribution >= 4 is 131 Å². The van der Waals surface area contributed by atoms with E-state index in [0.29, 0.717) is 0 Å². The SMILES string of the molecule is CC(=O)N[C@@H](CCCNC(=N)N)C(=O)N[C@@H](CCCNC(=N)N)C(=O)N[C@@H](CCCCNC(=O)[C@H](CCCNC(=N)N)NC(=O)[C@H](CCCNC(=N)N)NC(=O)CCC(=O)NC(CC(=O)O)C(=O)O)C(=O)N[C@@H](CCCNC(=N)N)C(=O)N[C@@H](CCCNC(=N)N)C(=O)N[C@@H](CCCNC(=N)N)C(=O)N[C@@H](CCCNC(=N)N)C(N)=O.[NH-]C1CCCCC1[NH-].[Pt+2]. The largest absolute Gasteiger partial charge is 2.00 e. The molecule has 1 saturated carbocycles. The fourth-order valence-corrected chi connectivity index (χ4v) is 11.9. The number of amides is 12. The van der Waals surface area contributed by atoms with Crippen LogP contribution in [0.1, 0.15) is 174 Å². The minimum Gasteiger partial charge on any atom is -0.676 e. The smallest absolute Gasteiger partial charge is 0.676 e. The minimum absolute atomic E-state index is 0. The van der Waals surface area contributed by atoms with Crippen molar-refractivity contribution in [1.82, 2.24) is 101 Å². The zero-order valence-electron chi connectivity index (χ0n) is 70.3. The minimum atomic E-state index is -1.83. The third-order valence-electron chi connectivity index (χ3n) is 18.3. The normalized spacial score (nSPS) is 14.8. The average molecular weight is 1960 g/mol. The molecular formula is C70H134N38O16Pt. The molecule has 0 bridgehead atoms. The number of unbranched alkanes of at least 4 members (excludes halogenated alkanes) is 1. The second-order valence-electron chi connectivity index (χ2n) is 28.9. The number of hydrogen-bond donors (Lipinski definition) is 38. The quantitative estimate of drug-likeness (QED) is 0.0153. The van der Waals surface area contributed by atoms with Crippen LogP contribution in [0.5, 0.6) is 0 Å². The van der Waals surface area contributed by atoms with Gasteiger partial charge in [-0.2, -0.15) is 12.1 Å². The molecule has 0 heterocycles. The van der Waals surface area contributed by atoms with Crippen LogP contribution in [0.25, 0.3) is 11.5 Å². The third kappa shape index (κ3) is 58.1. The third-order valence-corrected chi connectivity index (χ3v) is 18.3. The van der Waals surface area contributed by atoms with Gasteiger partial charge in [-0.15, -0.1) is 0 Å². The summed E-state index contributed by atoms with van der Waals surface area (Å²) < 4.78 is 0. The maximum Gasteiger partial charge on any atom is 2.00 e. The van der Waals surface area contributed by atoms with Crippen molar-refractivity contribution in [2.75, 3.05) is 58.9 Å². The van der Waals surface area contributed by atoms with E-state index in [9.17, 15) is 67.4 Å². The molecule has 0 radical (unpaired) electrons. The van der Waals surface area contributed by atoms with Gasteiger partial charge in [-0.25, -0.2) is 4.79 Å². The molecule has 54 nitrogen and oxygen atoms in total. The fourth-order valence-electron chi connectivity index (χ4n) is 11.9. The van der Waals surface area contributed by atoms with Gasteiger partial charge in [0.2, 0.25) is 70.9 Å². The van der Waals surface area contributed by atoms with E-state index in [1.807, 2.05) is 5.32 Å². The van der Waals surface area contributed by atoms with Crippen LogP contribution in [-0.4, -0.2) is 272 Å². The van der Waals surface area contributed by atoms with Crippen LogP contribution in [0.2, 0.25) is 0 Å². The number of carboxylic acid groups (broad SMARTS) is 2. The molecule has 1 fully saturated rings. The first kappa shape index (κ1) is 114. The van der Waals surface area contributed by atoms with Gasteiger partial charge in [0.15, 0.2) is 47.7 Å². The van der Waals surface area contributed by atoms with E-state index in [-0.39, 0.29) is 226 Å². The predicted molar refractivity (Wildman–Crippen MR) is 458 cm³/mol. The van der Waals surface area contributed by atoms with Crippen LogP contribution in [0.3, 0.4) is 0 Å². The van der Waals surface area contributed by atoms with E-state index in [1.165, 1.54) is 12.8 Å². The predicted octanol–water partition coefficient (Wildman–Crippen LogP) is -9.53. The van der Waals surface area contributed by atoms with Crippen LogP contribution in [0.15, 0.2) is 0 Å². The molecule has 0 aromatic heterocycles. The van der Waals surface area contributed by atoms with Crippen molar-refractivity contribution in [2.24, 2.45) is 51.6 Å². The molecule has 125 heavy (non-hydrogen) atoms. The first-order valence-electron chi connectivity index (χ1n) is 40.5. The number of primary amides is 1. The van der Waals surface area contributed by atoms with Crippen LogP contribution in [0.4, 0.5) is 0 Å². The molecular weight excluding hydrogens is 1820 g/mol. The second-order valence-corrected chi connectivity index (χ2v) is 28.9. The molecule has 0 aliphatic heterocycles. The summed E-state index contributed by atoms with van der Waals surface area (Å²) in [7, 11) is 0. The van der Waals surface area contributed by atoms with Crippen molar-refractivity contribution in [3.05, 3.63) is 11.5 Å². The Morgan fingerprint density at radius 3 is 0.728 bits per heavy atom. The van der Waals surface area contributed by atoms with Crippen molar-refractivity contribution in [3.63, 3.8) is 0 Å². The van der Waals surface area contributed by atoms with Crippen molar-refractivity contribution in [1.29, 1.82) is 43.3 Å². The monoisotopic (exact) mass is 1960 g/mol. The first-order valence-corrected chi connectivity index (χ1v) is 40.5. The van der Waals surface area contributed by atoms with Crippen molar-refractivity contribution < 1.29 is 98.4 Å². The Hall–Kier alpha value is -12.7. The molecule has 710 valence electrons. The zero-order valence-corrected chi connectivity index (χ0v) is 72.6. The molecule has 3 unspecified atom stereocenters. The van der Waals surface area contributed by atoms with E-state index in [4.69, 9.17) is 111 Å². The summed E-state index contributed by atoms with van der Waals surface area (Å²) in [4.78, 5) is 190. The first-order chi connectivity index (χ1) is 58.4. The van der Waals surface area contributed by atoms with E-state index in [2.05, 4.69) is 95.7 Å². The van der Waals surface area contributed by atoms with Gasteiger partial charge in [0.25, 0.3) is 0 Å². The van der Waals surface area contributed by atoms with Gasteiger partial charge in [-0.05, 0) is 122 Å². The fraction of sp³-hybridized carbons (Fsp3) is 0.686. The molecule has 0 aromatic carbocycles. The summed E-state index contributed by atoms with van der Waals surface area (Å²) >= 11 is 0. The number of guanidine groups is 8. The van der Waals surface area contributed by atoms with Crippen LogP contribution in [-0.2, 0) is 88.2 Å². The Balaban J connectivity index is 0.